The van der Waals surface area contributed by atoms with Crippen LogP contribution in [0.25, 0.3) is 0 Å². The molecule has 4 rings (SSSR count). The highest BCUT2D eigenvalue weighted by molar-refractivity contribution is 7.12. The van der Waals surface area contributed by atoms with E-state index in [0.717, 1.165) is 12.8 Å². The number of hydrogen-bond acceptors (Lipinski definition) is 4. The largest absolute Gasteiger partial charge is 0.396 e. The number of halogens is 1. The number of rotatable bonds is 2. The highest BCUT2D eigenvalue weighted by Gasteiger charge is 2.63. The van der Waals surface area contributed by atoms with Crippen LogP contribution in [0.4, 0.5) is 0 Å². The molecule has 0 unspecified atom stereocenters. The van der Waals surface area contributed by atoms with Crippen molar-refractivity contribution in [2.75, 3.05) is 19.7 Å². The van der Waals surface area contributed by atoms with E-state index in [2.05, 4.69) is 0 Å². The van der Waals surface area contributed by atoms with Gasteiger partial charge in [-0.3, -0.25) is 4.79 Å². The van der Waals surface area contributed by atoms with Crippen LogP contribution in [0.15, 0.2) is 11.4 Å². The summed E-state index contributed by atoms with van der Waals surface area (Å²) in [5.41, 5.74) is -0.211. The topological polar surface area (TPSA) is 49.8 Å². The Kier molecular flexibility index (Phi) is 2.90. The molecular weight excluding hydrogens is 298 g/mol. The zero-order valence-corrected chi connectivity index (χ0v) is 12.5. The van der Waals surface area contributed by atoms with Gasteiger partial charge in [-0.2, -0.15) is 0 Å². The number of carbonyl (C=O) groups is 1. The molecule has 1 aromatic heterocycles. The number of likely N-dealkylation sites (tertiary alicyclic amines) is 1. The van der Waals surface area contributed by atoms with E-state index in [1.165, 1.54) is 11.3 Å². The van der Waals surface area contributed by atoms with Crippen molar-refractivity contribution in [3.05, 3.63) is 21.3 Å². The number of nitrogens with zero attached hydrogens (tertiary/aromatic N) is 1. The number of thiophene rings is 1. The van der Waals surface area contributed by atoms with Crippen molar-refractivity contribution in [1.29, 1.82) is 0 Å². The Morgan fingerprint density at radius 2 is 2.50 bits per heavy atom. The first-order valence-corrected chi connectivity index (χ1v) is 8.21. The van der Waals surface area contributed by atoms with E-state index in [1.807, 2.05) is 10.3 Å². The Bertz CT molecular complexity index is 562. The fraction of sp³-hybridized carbons (Fsp3) is 0.643. The maximum atomic E-state index is 12.6. The zero-order chi connectivity index (χ0) is 13.9. The summed E-state index contributed by atoms with van der Waals surface area (Å²) < 4.78 is 6.13. The fourth-order valence-corrected chi connectivity index (χ4v) is 5.28. The lowest BCUT2D eigenvalue weighted by atomic mass is 9.74. The van der Waals surface area contributed by atoms with Gasteiger partial charge in [0.05, 0.1) is 23.3 Å². The first-order chi connectivity index (χ1) is 9.64. The average molecular weight is 314 g/mol. The van der Waals surface area contributed by atoms with E-state index < -0.39 is 0 Å². The third kappa shape index (κ3) is 1.64. The number of ether oxygens (including phenoxy) is 1. The van der Waals surface area contributed by atoms with E-state index in [-0.39, 0.29) is 36.1 Å². The maximum absolute atomic E-state index is 12.6. The number of carbonyl (C=O) groups excluding carboxylic acids is 1. The van der Waals surface area contributed by atoms with Crippen LogP contribution in [-0.2, 0) is 4.74 Å². The summed E-state index contributed by atoms with van der Waals surface area (Å²) in [6, 6.07) is 1.76. The van der Waals surface area contributed by atoms with Gasteiger partial charge in [0.15, 0.2) is 0 Å². The summed E-state index contributed by atoms with van der Waals surface area (Å²) in [5, 5.41) is 11.9. The van der Waals surface area contributed by atoms with E-state index in [1.54, 1.807) is 6.07 Å². The zero-order valence-electron chi connectivity index (χ0n) is 10.9. The van der Waals surface area contributed by atoms with Crippen LogP contribution >= 0.6 is 22.9 Å². The summed E-state index contributed by atoms with van der Waals surface area (Å²) in [6.07, 6.45) is 2.19. The Labute approximate surface area is 126 Å². The smallest absolute Gasteiger partial charge is 0.265 e. The normalized spacial score (nSPS) is 38.5. The molecule has 0 aromatic carbocycles. The molecule has 0 saturated carbocycles. The lowest BCUT2D eigenvalue weighted by molar-refractivity contribution is 0.00159. The molecule has 4 atom stereocenters. The summed E-state index contributed by atoms with van der Waals surface area (Å²) in [6.45, 7) is 1.46. The third-order valence-corrected chi connectivity index (χ3v) is 6.42. The second kappa shape index (κ2) is 4.44. The Balaban J connectivity index is 1.59. The van der Waals surface area contributed by atoms with Crippen molar-refractivity contribution in [3.8, 4) is 0 Å². The highest BCUT2D eigenvalue weighted by Crippen LogP contribution is 2.54. The molecule has 1 amide bonds. The summed E-state index contributed by atoms with van der Waals surface area (Å²) >= 11 is 7.44. The van der Waals surface area contributed by atoms with Crippen LogP contribution in [0.2, 0.25) is 5.02 Å². The van der Waals surface area contributed by atoms with Gasteiger partial charge in [-0.15, -0.1) is 11.3 Å². The molecular formula is C14H16ClNO3S. The van der Waals surface area contributed by atoms with Crippen molar-refractivity contribution in [2.24, 2.45) is 11.8 Å². The Morgan fingerprint density at radius 1 is 1.65 bits per heavy atom. The summed E-state index contributed by atoms with van der Waals surface area (Å²) in [4.78, 5) is 15.0. The van der Waals surface area contributed by atoms with E-state index >= 15 is 0 Å². The van der Waals surface area contributed by atoms with Crippen LogP contribution in [0, 0.1) is 11.8 Å². The SMILES string of the molecule is O=C(c1sccc1Cl)N1C[C@@H]2[C@H](CO)[C@H]3CC[C@]2(C1)O3. The quantitative estimate of drug-likeness (QED) is 0.908. The molecule has 1 aromatic rings. The van der Waals surface area contributed by atoms with E-state index in [4.69, 9.17) is 16.3 Å². The third-order valence-electron chi connectivity index (χ3n) is 5.09. The lowest BCUT2D eigenvalue weighted by Crippen LogP contribution is -2.38. The fourth-order valence-electron chi connectivity index (χ4n) is 4.18. The van der Waals surface area contributed by atoms with Gasteiger partial charge in [-0.1, -0.05) is 11.6 Å². The van der Waals surface area contributed by atoms with Gasteiger partial charge in [0.25, 0.3) is 5.91 Å². The monoisotopic (exact) mass is 313 g/mol. The van der Waals surface area contributed by atoms with E-state index in [0.29, 0.717) is 23.0 Å². The summed E-state index contributed by atoms with van der Waals surface area (Å²) in [7, 11) is 0. The van der Waals surface area contributed by atoms with Crippen LogP contribution in [0.1, 0.15) is 22.5 Å². The molecule has 108 valence electrons. The van der Waals surface area contributed by atoms with Crippen molar-refractivity contribution >= 4 is 28.8 Å². The van der Waals surface area contributed by atoms with Gasteiger partial charge in [-0.05, 0) is 24.3 Å². The molecule has 3 fully saturated rings. The van der Waals surface area contributed by atoms with Gasteiger partial charge in [-0.25, -0.2) is 0 Å². The molecule has 2 bridgehead atoms. The van der Waals surface area contributed by atoms with Gasteiger partial charge in [0, 0.05) is 25.0 Å². The lowest BCUT2D eigenvalue weighted by Gasteiger charge is -2.27. The van der Waals surface area contributed by atoms with Gasteiger partial charge in [0.1, 0.15) is 4.88 Å². The number of fused-ring (bicyclic) bond motifs is 1. The second-order valence-corrected chi connectivity index (χ2v) is 7.32. The number of amides is 1. The molecule has 3 saturated heterocycles. The van der Waals surface area contributed by atoms with Crippen molar-refractivity contribution < 1.29 is 14.6 Å². The second-order valence-electron chi connectivity index (χ2n) is 6.00. The number of aliphatic hydroxyl groups excluding tert-OH is 1. The summed E-state index contributed by atoms with van der Waals surface area (Å²) in [5.74, 6) is 0.451. The Morgan fingerprint density at radius 3 is 3.20 bits per heavy atom. The minimum atomic E-state index is -0.211. The maximum Gasteiger partial charge on any atom is 0.265 e. The van der Waals surface area contributed by atoms with Gasteiger partial charge in [0.2, 0.25) is 0 Å². The minimum Gasteiger partial charge on any atom is -0.396 e. The molecule has 0 radical (unpaired) electrons. The molecule has 20 heavy (non-hydrogen) atoms. The molecule has 1 N–H and O–H groups in total. The van der Waals surface area contributed by atoms with Crippen LogP contribution in [-0.4, -0.2) is 47.3 Å². The Hall–Kier alpha value is -0.620. The molecule has 6 heteroatoms. The predicted octanol–water partition coefficient (Wildman–Crippen LogP) is 2.01. The molecule has 3 aliphatic rings. The number of aliphatic hydroxyl groups is 1. The molecule has 0 aliphatic carbocycles. The molecule has 1 spiro atoms. The molecule has 3 aliphatic heterocycles. The van der Waals surface area contributed by atoms with Crippen molar-refractivity contribution in [1.82, 2.24) is 4.90 Å². The predicted molar refractivity (Wildman–Crippen MR) is 76.1 cm³/mol. The van der Waals surface area contributed by atoms with Crippen LogP contribution in [0.5, 0.6) is 0 Å². The van der Waals surface area contributed by atoms with Crippen molar-refractivity contribution in [3.63, 3.8) is 0 Å². The number of hydrogen-bond donors (Lipinski definition) is 1. The minimum absolute atomic E-state index is 0.00230. The van der Waals surface area contributed by atoms with Crippen molar-refractivity contribution in [2.45, 2.75) is 24.5 Å². The highest BCUT2D eigenvalue weighted by atomic mass is 35.5. The first-order valence-electron chi connectivity index (χ1n) is 6.95. The molecule has 4 heterocycles. The molecule has 4 nitrogen and oxygen atoms in total. The van der Waals surface area contributed by atoms with Crippen LogP contribution < -0.4 is 0 Å². The standard InChI is InChI=1S/C14H16ClNO3S/c15-10-2-4-20-12(10)13(18)16-5-9-8(6-17)11-1-3-14(9,7-16)19-11/h2,4,8-9,11,17H,1,3,5-7H2/t8-,9+,11+,14+/m0/s1. The van der Waals surface area contributed by atoms with Crippen LogP contribution in [0.3, 0.4) is 0 Å². The van der Waals surface area contributed by atoms with Gasteiger partial charge < -0.3 is 14.7 Å². The average Bonchev–Trinajstić information content (AvgIpc) is 3.15. The first kappa shape index (κ1) is 13.1. The van der Waals surface area contributed by atoms with Gasteiger partial charge >= 0.3 is 0 Å². The van der Waals surface area contributed by atoms with E-state index in [9.17, 15) is 9.90 Å².